The van der Waals surface area contributed by atoms with E-state index in [1.807, 2.05) is 13.8 Å². The summed E-state index contributed by atoms with van der Waals surface area (Å²) in [6, 6.07) is 3.28. The molecule has 0 saturated carbocycles. The third-order valence-electron chi connectivity index (χ3n) is 2.81. The van der Waals surface area contributed by atoms with Crippen molar-refractivity contribution in [2.45, 2.75) is 45.1 Å². The van der Waals surface area contributed by atoms with Crippen molar-refractivity contribution in [2.24, 2.45) is 0 Å². The van der Waals surface area contributed by atoms with Crippen molar-refractivity contribution >= 4 is 21.6 Å². The Morgan fingerprint density at radius 2 is 1.90 bits per heavy atom. The van der Waals surface area contributed by atoms with E-state index in [0.29, 0.717) is 30.2 Å². The van der Waals surface area contributed by atoms with Gasteiger partial charge in [0.25, 0.3) is 0 Å². The predicted molar refractivity (Wildman–Crippen MR) is 81.8 cm³/mol. The lowest BCUT2D eigenvalue weighted by molar-refractivity contribution is 0.0778. The van der Waals surface area contributed by atoms with E-state index in [1.165, 1.54) is 0 Å². The van der Waals surface area contributed by atoms with Crippen LogP contribution in [0.5, 0.6) is 0 Å². The highest BCUT2D eigenvalue weighted by Crippen LogP contribution is 2.23. The maximum Gasteiger partial charge on any atom is 0.240 e. The molecule has 0 heterocycles. The molecule has 0 aromatic heterocycles. The average molecular weight is 320 g/mol. The Bertz CT molecular complexity index is 556. The van der Waals surface area contributed by atoms with Crippen LogP contribution >= 0.6 is 11.6 Å². The van der Waals surface area contributed by atoms with E-state index in [1.54, 1.807) is 26.0 Å². The van der Waals surface area contributed by atoms with E-state index in [0.717, 1.165) is 5.56 Å². The number of hydrogen-bond donors (Lipinski definition) is 1. The largest absolute Gasteiger partial charge is 0.379 e. The zero-order valence-corrected chi connectivity index (χ0v) is 13.9. The minimum Gasteiger partial charge on any atom is -0.379 e. The number of benzene rings is 1. The van der Waals surface area contributed by atoms with Gasteiger partial charge in [0.2, 0.25) is 10.0 Å². The number of halogens is 1. The van der Waals surface area contributed by atoms with Crippen LogP contribution in [0, 0.1) is 13.8 Å². The smallest absolute Gasteiger partial charge is 0.240 e. The van der Waals surface area contributed by atoms with Crippen molar-refractivity contribution in [1.82, 2.24) is 4.72 Å². The molecule has 1 aromatic carbocycles. The fourth-order valence-corrected chi connectivity index (χ4v) is 3.32. The molecule has 6 heteroatoms. The molecule has 0 bridgehead atoms. The van der Waals surface area contributed by atoms with Gasteiger partial charge in [0.1, 0.15) is 0 Å². The second-order valence-electron chi connectivity index (χ2n) is 5.04. The van der Waals surface area contributed by atoms with E-state index < -0.39 is 10.0 Å². The fraction of sp³-hybridized carbons (Fsp3) is 0.571. The van der Waals surface area contributed by atoms with Crippen LogP contribution < -0.4 is 4.72 Å². The summed E-state index contributed by atoms with van der Waals surface area (Å²) in [6.45, 7) is 8.32. The Hall–Kier alpha value is -0.620. The van der Waals surface area contributed by atoms with Crippen molar-refractivity contribution in [1.29, 1.82) is 0 Å². The number of sulfonamides is 1. The molecule has 0 amide bonds. The maximum atomic E-state index is 12.2. The summed E-state index contributed by atoms with van der Waals surface area (Å²) >= 11 is 5.98. The lowest BCUT2D eigenvalue weighted by atomic mass is 10.2. The summed E-state index contributed by atoms with van der Waals surface area (Å²) < 4.78 is 32.4. The monoisotopic (exact) mass is 319 g/mol. The van der Waals surface area contributed by atoms with Gasteiger partial charge in [-0.05, 0) is 57.4 Å². The van der Waals surface area contributed by atoms with Gasteiger partial charge in [0.15, 0.2) is 0 Å². The molecular formula is C14H22ClNO3S. The second-order valence-corrected chi connectivity index (χ2v) is 7.18. The van der Waals surface area contributed by atoms with Gasteiger partial charge in [-0.25, -0.2) is 13.1 Å². The summed E-state index contributed by atoms with van der Waals surface area (Å²) in [7, 11) is -3.50. The first-order chi connectivity index (χ1) is 9.24. The van der Waals surface area contributed by atoms with Crippen LogP contribution in [-0.4, -0.2) is 27.7 Å². The summed E-state index contributed by atoms with van der Waals surface area (Å²) in [5.74, 6) is 0. The molecular weight excluding hydrogens is 298 g/mol. The van der Waals surface area contributed by atoms with E-state index in [4.69, 9.17) is 16.3 Å². The SMILES string of the molecule is Cc1cc(S(=O)(=O)NCCCOC(C)C)c(C)cc1Cl. The number of aryl methyl sites for hydroxylation is 2. The first-order valence-electron chi connectivity index (χ1n) is 6.62. The zero-order valence-electron chi connectivity index (χ0n) is 12.4. The number of rotatable bonds is 7. The molecule has 1 aromatic rings. The summed E-state index contributed by atoms with van der Waals surface area (Å²) in [6.07, 6.45) is 0.802. The molecule has 1 N–H and O–H groups in total. The number of nitrogens with one attached hydrogen (secondary N) is 1. The van der Waals surface area contributed by atoms with Gasteiger partial charge < -0.3 is 4.74 Å². The van der Waals surface area contributed by atoms with Crippen LogP contribution in [0.1, 0.15) is 31.4 Å². The van der Waals surface area contributed by atoms with Gasteiger partial charge in [-0.15, -0.1) is 0 Å². The third kappa shape index (κ3) is 5.05. The molecule has 114 valence electrons. The van der Waals surface area contributed by atoms with Crippen LogP contribution in [-0.2, 0) is 14.8 Å². The molecule has 4 nitrogen and oxygen atoms in total. The lowest BCUT2D eigenvalue weighted by Crippen LogP contribution is -2.26. The molecule has 0 radical (unpaired) electrons. The highest BCUT2D eigenvalue weighted by Gasteiger charge is 2.17. The molecule has 0 saturated heterocycles. The van der Waals surface area contributed by atoms with Crippen molar-refractivity contribution in [3.8, 4) is 0 Å². The third-order valence-corrected chi connectivity index (χ3v) is 4.82. The van der Waals surface area contributed by atoms with Crippen molar-refractivity contribution < 1.29 is 13.2 Å². The number of ether oxygens (including phenoxy) is 1. The van der Waals surface area contributed by atoms with Gasteiger partial charge in [-0.1, -0.05) is 11.6 Å². The molecule has 0 aliphatic heterocycles. The van der Waals surface area contributed by atoms with Crippen LogP contribution in [0.3, 0.4) is 0 Å². The molecule has 20 heavy (non-hydrogen) atoms. The van der Waals surface area contributed by atoms with Crippen molar-refractivity contribution in [3.63, 3.8) is 0 Å². The Balaban J connectivity index is 2.68. The Morgan fingerprint density at radius 3 is 2.50 bits per heavy atom. The maximum absolute atomic E-state index is 12.2. The van der Waals surface area contributed by atoms with E-state index >= 15 is 0 Å². The van der Waals surface area contributed by atoms with Crippen LogP contribution in [0.15, 0.2) is 17.0 Å². The molecule has 0 atom stereocenters. The standard InChI is InChI=1S/C14H22ClNO3S/c1-10(2)19-7-5-6-16-20(17,18)14-9-11(3)13(15)8-12(14)4/h8-10,16H,5-7H2,1-4H3. The molecule has 0 spiro atoms. The van der Waals surface area contributed by atoms with Gasteiger partial charge in [-0.3, -0.25) is 0 Å². The lowest BCUT2D eigenvalue weighted by Gasteiger charge is -2.12. The Kier molecular flexibility index (Phi) is 6.45. The van der Waals surface area contributed by atoms with Gasteiger partial charge in [0.05, 0.1) is 11.0 Å². The Morgan fingerprint density at radius 1 is 1.25 bits per heavy atom. The quantitative estimate of drug-likeness (QED) is 0.786. The van der Waals surface area contributed by atoms with Crippen LogP contribution in [0.2, 0.25) is 5.02 Å². The molecule has 0 fully saturated rings. The molecule has 0 unspecified atom stereocenters. The highest BCUT2D eigenvalue weighted by molar-refractivity contribution is 7.89. The predicted octanol–water partition coefficient (Wildman–Crippen LogP) is 3.05. The van der Waals surface area contributed by atoms with E-state index in [9.17, 15) is 8.42 Å². The van der Waals surface area contributed by atoms with Gasteiger partial charge in [0, 0.05) is 18.2 Å². The van der Waals surface area contributed by atoms with Crippen molar-refractivity contribution in [3.05, 3.63) is 28.3 Å². The minimum atomic E-state index is -3.50. The number of hydrogen-bond acceptors (Lipinski definition) is 3. The van der Waals surface area contributed by atoms with E-state index in [2.05, 4.69) is 4.72 Å². The second kappa shape index (κ2) is 7.41. The molecule has 1 rings (SSSR count). The molecule has 0 aliphatic rings. The van der Waals surface area contributed by atoms with Crippen LogP contribution in [0.4, 0.5) is 0 Å². The first kappa shape index (κ1) is 17.4. The highest BCUT2D eigenvalue weighted by atomic mass is 35.5. The summed E-state index contributed by atoms with van der Waals surface area (Å²) in [5, 5.41) is 0.576. The van der Waals surface area contributed by atoms with Gasteiger partial charge >= 0.3 is 0 Å². The van der Waals surface area contributed by atoms with Crippen molar-refractivity contribution in [2.75, 3.05) is 13.2 Å². The van der Waals surface area contributed by atoms with Crippen LogP contribution in [0.25, 0.3) is 0 Å². The Labute approximate surface area is 126 Å². The normalized spacial score (nSPS) is 12.1. The summed E-state index contributed by atoms with van der Waals surface area (Å²) in [5.41, 5.74) is 1.40. The first-order valence-corrected chi connectivity index (χ1v) is 8.48. The average Bonchev–Trinajstić information content (AvgIpc) is 2.32. The fourth-order valence-electron chi connectivity index (χ4n) is 1.72. The topological polar surface area (TPSA) is 55.4 Å². The van der Waals surface area contributed by atoms with E-state index in [-0.39, 0.29) is 11.0 Å². The zero-order chi connectivity index (χ0) is 15.3. The molecule has 0 aliphatic carbocycles. The minimum absolute atomic E-state index is 0.160. The summed E-state index contributed by atoms with van der Waals surface area (Å²) in [4.78, 5) is 0.282. The van der Waals surface area contributed by atoms with Gasteiger partial charge in [-0.2, -0.15) is 0 Å².